The number of amides is 2. The van der Waals surface area contributed by atoms with E-state index in [0.29, 0.717) is 49.7 Å². The van der Waals surface area contributed by atoms with Crippen molar-refractivity contribution in [3.63, 3.8) is 0 Å². The van der Waals surface area contributed by atoms with Crippen LogP contribution in [0.3, 0.4) is 0 Å². The summed E-state index contributed by atoms with van der Waals surface area (Å²) in [5.41, 5.74) is 3.48. The highest BCUT2D eigenvalue weighted by molar-refractivity contribution is 7.89. The number of hydrogen-bond acceptors (Lipinski definition) is 5. The highest BCUT2D eigenvalue weighted by Gasteiger charge is 2.34. The third kappa shape index (κ3) is 5.20. The van der Waals surface area contributed by atoms with E-state index in [9.17, 15) is 18.0 Å². The first kappa shape index (κ1) is 27.7. The van der Waals surface area contributed by atoms with Gasteiger partial charge in [-0.15, -0.1) is 0 Å². The topological polar surface area (TPSA) is 92.2 Å². The minimum atomic E-state index is -3.73. The van der Waals surface area contributed by atoms with Crippen LogP contribution in [0.2, 0.25) is 0 Å². The van der Waals surface area contributed by atoms with Gasteiger partial charge in [-0.1, -0.05) is 31.0 Å². The number of benzene rings is 2. The van der Waals surface area contributed by atoms with Gasteiger partial charge in [-0.2, -0.15) is 4.31 Å². The molecule has 2 fully saturated rings. The molecule has 2 amide bonds. The fraction of sp³-hybridized carbons (Fsp3) is 0.419. The molecular formula is C31H36N4O5S. The Bertz CT molecular complexity index is 1610. The van der Waals surface area contributed by atoms with Crippen LogP contribution in [0.1, 0.15) is 43.7 Å². The molecule has 0 unspecified atom stereocenters. The quantitative estimate of drug-likeness (QED) is 0.414. The number of carbonyl (C=O) groups is 2. The monoisotopic (exact) mass is 576 g/mol. The van der Waals surface area contributed by atoms with Crippen LogP contribution in [-0.4, -0.2) is 79.9 Å². The number of rotatable bonds is 6. The number of fused-ring (bicyclic) bond motifs is 2. The highest BCUT2D eigenvalue weighted by Crippen LogP contribution is 2.40. The molecule has 2 aromatic carbocycles. The van der Waals surface area contributed by atoms with Gasteiger partial charge in [0.05, 0.1) is 23.8 Å². The summed E-state index contributed by atoms with van der Waals surface area (Å²) in [6.45, 7) is 5.52. The van der Waals surface area contributed by atoms with Gasteiger partial charge in [-0.25, -0.2) is 8.42 Å². The average molecular weight is 577 g/mol. The molecular weight excluding hydrogens is 540 g/mol. The fourth-order valence-corrected chi connectivity index (χ4v) is 7.56. The molecule has 10 heteroatoms. The molecule has 1 aromatic heterocycles. The molecule has 0 saturated carbocycles. The Labute approximate surface area is 241 Å². The predicted octanol–water partition coefficient (Wildman–Crippen LogP) is 3.97. The smallest absolute Gasteiger partial charge is 0.258 e. The van der Waals surface area contributed by atoms with Crippen molar-refractivity contribution in [2.45, 2.75) is 44.0 Å². The Morgan fingerprint density at radius 1 is 0.976 bits per heavy atom. The summed E-state index contributed by atoms with van der Waals surface area (Å²) in [4.78, 5) is 30.7. The van der Waals surface area contributed by atoms with Crippen molar-refractivity contribution >= 4 is 50.1 Å². The number of likely N-dealkylation sites (N-methyl/N-ethyl adjacent to an activating group) is 1. The molecule has 0 atom stereocenters. The summed E-state index contributed by atoms with van der Waals surface area (Å²) in [5, 5.41) is 0.935. The second-order valence-corrected chi connectivity index (χ2v) is 12.8. The van der Waals surface area contributed by atoms with Gasteiger partial charge in [-0.3, -0.25) is 9.59 Å². The number of anilines is 1. The Balaban J connectivity index is 1.39. The maximum atomic E-state index is 13.6. The molecule has 6 rings (SSSR count). The number of ether oxygens (including phenoxy) is 1. The number of likely N-dealkylation sites (tertiary alicyclic amines) is 1. The van der Waals surface area contributed by atoms with Crippen molar-refractivity contribution in [3.8, 4) is 0 Å². The lowest BCUT2D eigenvalue weighted by molar-refractivity contribution is -0.131. The molecule has 3 aliphatic rings. The number of hydrogen-bond donors (Lipinski definition) is 0. The van der Waals surface area contributed by atoms with Crippen molar-refractivity contribution in [2.75, 3.05) is 50.8 Å². The van der Waals surface area contributed by atoms with Gasteiger partial charge in [0.2, 0.25) is 15.9 Å². The van der Waals surface area contributed by atoms with Crippen LogP contribution >= 0.6 is 0 Å². The van der Waals surface area contributed by atoms with Crippen molar-refractivity contribution in [1.82, 2.24) is 13.8 Å². The first-order chi connectivity index (χ1) is 19.9. The van der Waals surface area contributed by atoms with Crippen LogP contribution in [0.4, 0.5) is 5.69 Å². The average Bonchev–Trinajstić information content (AvgIpc) is 3.29. The van der Waals surface area contributed by atoms with E-state index in [0.717, 1.165) is 55.2 Å². The second kappa shape index (κ2) is 11.4. The van der Waals surface area contributed by atoms with Crippen molar-refractivity contribution in [3.05, 3.63) is 59.8 Å². The largest absolute Gasteiger partial charge is 0.379 e. The van der Waals surface area contributed by atoms with Crippen LogP contribution in [0, 0.1) is 0 Å². The van der Waals surface area contributed by atoms with Gasteiger partial charge in [0.1, 0.15) is 6.54 Å². The van der Waals surface area contributed by atoms with E-state index in [4.69, 9.17) is 4.74 Å². The van der Waals surface area contributed by atoms with Gasteiger partial charge in [0.25, 0.3) is 5.91 Å². The number of nitrogens with zero attached hydrogens (tertiary/aromatic N) is 4. The molecule has 2 saturated heterocycles. The molecule has 0 radical (unpaired) electrons. The van der Waals surface area contributed by atoms with Crippen molar-refractivity contribution in [1.29, 1.82) is 0 Å². The Hall–Kier alpha value is -3.47. The Kier molecular flexibility index (Phi) is 7.72. The third-order valence-corrected chi connectivity index (χ3v) is 10.2. The SMILES string of the molecule is CCN1C(=O)C(=Cc2cn(CC(=O)N3CCCCCC3)c3ccccc23)c2cc(S(=O)(=O)N3CCOCC3)ccc21. The van der Waals surface area contributed by atoms with Gasteiger partial charge < -0.3 is 19.1 Å². The Morgan fingerprint density at radius 3 is 2.44 bits per heavy atom. The van der Waals surface area contributed by atoms with E-state index in [1.807, 2.05) is 52.9 Å². The molecule has 0 N–H and O–H groups in total. The van der Waals surface area contributed by atoms with Crippen LogP contribution in [0.5, 0.6) is 0 Å². The molecule has 3 aromatic rings. The number of aromatic nitrogens is 1. The van der Waals surface area contributed by atoms with Gasteiger partial charge in [-0.05, 0) is 50.1 Å². The third-order valence-electron chi connectivity index (χ3n) is 8.33. The molecule has 0 spiro atoms. The predicted molar refractivity (Wildman–Crippen MR) is 159 cm³/mol. The van der Waals surface area contributed by atoms with Crippen LogP contribution < -0.4 is 4.90 Å². The van der Waals surface area contributed by atoms with Crippen molar-refractivity contribution < 1.29 is 22.7 Å². The van der Waals surface area contributed by atoms with E-state index in [2.05, 4.69) is 0 Å². The van der Waals surface area contributed by atoms with Crippen LogP contribution in [0.25, 0.3) is 22.6 Å². The molecule has 3 aliphatic heterocycles. The zero-order valence-electron chi connectivity index (χ0n) is 23.4. The lowest BCUT2D eigenvalue weighted by Crippen LogP contribution is -2.40. The van der Waals surface area contributed by atoms with E-state index >= 15 is 0 Å². The van der Waals surface area contributed by atoms with E-state index < -0.39 is 10.0 Å². The molecule has 0 aliphatic carbocycles. The van der Waals surface area contributed by atoms with Gasteiger partial charge in [0.15, 0.2) is 0 Å². The summed E-state index contributed by atoms with van der Waals surface area (Å²) >= 11 is 0. The summed E-state index contributed by atoms with van der Waals surface area (Å²) in [6, 6.07) is 12.8. The lowest BCUT2D eigenvalue weighted by atomic mass is 10.0. The van der Waals surface area contributed by atoms with E-state index in [-0.39, 0.29) is 23.3 Å². The fourth-order valence-electron chi connectivity index (χ4n) is 6.13. The molecule has 0 bridgehead atoms. The zero-order chi connectivity index (χ0) is 28.6. The molecule has 216 valence electrons. The van der Waals surface area contributed by atoms with Crippen molar-refractivity contribution in [2.24, 2.45) is 0 Å². The normalized spacial score (nSPS) is 19.6. The minimum Gasteiger partial charge on any atom is -0.379 e. The molecule has 9 nitrogen and oxygen atoms in total. The number of para-hydroxylation sites is 1. The first-order valence-corrected chi connectivity index (χ1v) is 15.9. The molecule has 4 heterocycles. The highest BCUT2D eigenvalue weighted by atomic mass is 32.2. The number of carbonyl (C=O) groups excluding carboxylic acids is 2. The summed E-state index contributed by atoms with van der Waals surface area (Å²) in [7, 11) is -3.73. The lowest BCUT2D eigenvalue weighted by Gasteiger charge is -2.26. The number of sulfonamides is 1. The molecule has 41 heavy (non-hydrogen) atoms. The van der Waals surface area contributed by atoms with Crippen LogP contribution in [0.15, 0.2) is 53.6 Å². The van der Waals surface area contributed by atoms with Crippen LogP contribution in [-0.2, 0) is 30.9 Å². The van der Waals surface area contributed by atoms with Gasteiger partial charge in [0, 0.05) is 66.5 Å². The maximum Gasteiger partial charge on any atom is 0.258 e. The zero-order valence-corrected chi connectivity index (χ0v) is 24.2. The summed E-state index contributed by atoms with van der Waals surface area (Å²) in [5.74, 6) is -0.0647. The Morgan fingerprint density at radius 2 is 1.71 bits per heavy atom. The summed E-state index contributed by atoms with van der Waals surface area (Å²) in [6.07, 6.45) is 8.17. The minimum absolute atomic E-state index is 0.101. The maximum absolute atomic E-state index is 13.6. The number of morpholine rings is 1. The van der Waals surface area contributed by atoms with E-state index in [1.54, 1.807) is 23.1 Å². The second-order valence-electron chi connectivity index (χ2n) is 10.8. The van der Waals surface area contributed by atoms with E-state index in [1.165, 1.54) is 4.31 Å². The van der Waals surface area contributed by atoms with Gasteiger partial charge >= 0.3 is 0 Å². The first-order valence-electron chi connectivity index (χ1n) is 14.5. The summed E-state index contributed by atoms with van der Waals surface area (Å²) < 4.78 is 35.6. The standard InChI is InChI=1S/C31H36N4O5S/c1-2-35-29-12-11-24(41(38,39)34-15-17-40-18-16-34)20-26(29)27(31(35)37)19-23-21-33(28-10-6-5-9-25(23)28)22-30(36)32-13-7-3-4-8-14-32/h5-6,9-12,19-21H,2-4,7-8,13-18,22H2,1H3.